The predicted molar refractivity (Wildman–Crippen MR) is 393 cm³/mol. The van der Waals surface area contributed by atoms with Crippen molar-refractivity contribution in [2.24, 2.45) is 5.73 Å². The van der Waals surface area contributed by atoms with Gasteiger partial charge in [-0.3, -0.25) is 28.8 Å². The highest BCUT2D eigenvalue weighted by molar-refractivity contribution is 7.14. The van der Waals surface area contributed by atoms with E-state index in [1.807, 2.05) is 4.90 Å². The van der Waals surface area contributed by atoms with E-state index in [0.29, 0.717) is 29.4 Å². The molecule has 0 radical (unpaired) electrons. The van der Waals surface area contributed by atoms with Crippen molar-refractivity contribution >= 4 is 121 Å². The van der Waals surface area contributed by atoms with Crippen molar-refractivity contribution in [2.75, 3.05) is 74.2 Å². The number of amides is 6. The summed E-state index contributed by atoms with van der Waals surface area (Å²) < 4.78 is 40.1. The number of hydrogen-bond acceptors (Lipinski definition) is 32. The zero-order valence-electron chi connectivity index (χ0n) is 59.4. The molecule has 7 aromatic heterocycles. The normalized spacial score (nSPS) is 24.1. The number of aliphatic hydroxyl groups excluding tert-OH is 1. The number of fused-ring (bicyclic) bond motifs is 15. The average molecular weight is 1580 g/mol. The van der Waals surface area contributed by atoms with Crippen LogP contribution in [0.3, 0.4) is 0 Å². The lowest BCUT2D eigenvalue weighted by molar-refractivity contribution is -0.280. The molecule has 0 aliphatic carbocycles. The third-order valence-electron chi connectivity index (χ3n) is 18.7. The van der Waals surface area contributed by atoms with Crippen LogP contribution >= 0.6 is 56.7 Å². The number of carbonyl (C=O) groups is 8. The third-order valence-corrected chi connectivity index (χ3v) is 23.2. The van der Waals surface area contributed by atoms with E-state index >= 15 is 19.2 Å². The Bertz CT molecular complexity index is 4880. The molecule has 34 nitrogen and oxygen atoms in total. The van der Waals surface area contributed by atoms with Gasteiger partial charge in [-0.05, 0) is 73.0 Å². The second-order valence-electron chi connectivity index (χ2n) is 26.6. The van der Waals surface area contributed by atoms with Gasteiger partial charge >= 0.3 is 11.9 Å². The van der Waals surface area contributed by atoms with Crippen molar-refractivity contribution in [3.63, 3.8) is 0 Å². The Kier molecular flexibility index (Phi) is 22.6. The summed E-state index contributed by atoms with van der Waals surface area (Å²) in [6, 6.07) is 1.19. The van der Waals surface area contributed by atoms with Gasteiger partial charge in [-0.25, -0.2) is 39.5 Å². The van der Waals surface area contributed by atoms with Crippen molar-refractivity contribution in [2.45, 2.75) is 114 Å². The minimum Gasteiger partial charge on any atom is -0.506 e. The number of allylic oxidation sites excluding steroid dienone is 1. The molecule has 0 spiro atoms. The molecule has 12 bridgehead atoms. The van der Waals surface area contributed by atoms with Gasteiger partial charge in [0.15, 0.2) is 18.1 Å². The number of aromatic nitrogens is 7. The molecule has 5 aliphatic rings. The number of likely N-dealkylation sites (N-methyl/N-ethyl adjacent to an activating group) is 2. The molecule has 12 heterocycles. The van der Waals surface area contributed by atoms with Gasteiger partial charge in [0.1, 0.15) is 126 Å². The molecule has 5 aliphatic heterocycles. The van der Waals surface area contributed by atoms with Gasteiger partial charge < -0.3 is 95.6 Å². The van der Waals surface area contributed by atoms with Crippen molar-refractivity contribution in [1.29, 1.82) is 0 Å². The van der Waals surface area contributed by atoms with Gasteiger partial charge in [0.25, 0.3) is 29.5 Å². The second kappa shape index (κ2) is 31.9. The highest BCUT2D eigenvalue weighted by Gasteiger charge is 2.50. The van der Waals surface area contributed by atoms with Crippen LogP contribution in [0.15, 0.2) is 69.2 Å². The molecule has 13 rings (SSSR count). The first-order valence-electron chi connectivity index (χ1n) is 34.0. The van der Waals surface area contributed by atoms with Gasteiger partial charge in [-0.2, -0.15) is 4.73 Å². The average Bonchev–Trinajstić information content (AvgIpc) is 1.58. The zero-order valence-corrected chi connectivity index (χ0v) is 63.5. The van der Waals surface area contributed by atoms with E-state index in [4.69, 9.17) is 53.9 Å². The predicted octanol–water partition coefficient (Wildman–Crippen LogP) is 3.72. The first-order valence-corrected chi connectivity index (χ1v) is 38.4. The maximum absolute atomic E-state index is 15.8. The van der Waals surface area contributed by atoms with Crippen LogP contribution in [0.2, 0.25) is 0 Å². The highest BCUT2D eigenvalue weighted by Crippen LogP contribution is 2.43. The Morgan fingerprint density at radius 3 is 2.25 bits per heavy atom. The maximum Gasteiger partial charge on any atom is 0.358 e. The molecule has 0 saturated carbocycles. The van der Waals surface area contributed by atoms with E-state index in [1.54, 1.807) is 51.5 Å². The fraction of sp³-hybridized carbons (Fsp3) is 0.420. The lowest BCUT2D eigenvalue weighted by Crippen LogP contribution is -2.62. The molecule has 570 valence electrons. The molecule has 39 heteroatoms. The van der Waals surface area contributed by atoms with Crippen LogP contribution in [0.4, 0.5) is 0 Å². The summed E-state index contributed by atoms with van der Waals surface area (Å²) in [5, 5.41) is 56.3. The maximum atomic E-state index is 15.8. The van der Waals surface area contributed by atoms with Gasteiger partial charge in [0, 0.05) is 82.6 Å². The molecule has 108 heavy (non-hydrogen) atoms. The summed E-state index contributed by atoms with van der Waals surface area (Å²) in [7, 11) is 6.96. The summed E-state index contributed by atoms with van der Waals surface area (Å²) in [6.07, 6.45) is -6.96. The number of rotatable bonds is 14. The smallest absolute Gasteiger partial charge is 0.358 e. The number of methoxy groups -OCH3 is 1. The summed E-state index contributed by atoms with van der Waals surface area (Å²) in [5.74, 6) is -7.95. The number of cyclic esters (lactones) is 2. The number of nitrogens with zero attached hydrogens (tertiary/aromatic N) is 10. The van der Waals surface area contributed by atoms with Crippen LogP contribution in [-0.2, 0) is 56.0 Å². The number of pyridine rings is 1. The largest absolute Gasteiger partial charge is 0.506 e. The monoisotopic (exact) mass is 1580 g/mol. The number of aliphatic hydroxyl groups is 2. The molecular weight excluding hydrogens is 1500 g/mol. The van der Waals surface area contributed by atoms with E-state index in [1.165, 1.54) is 53.3 Å². The SMILES string of the molecule is C=C(NC(=O)c1csc(-c2nc3c(cc2O)-c2nc(cs2)C(=O)NC(C(C)O)C(=O)N/C(=C(/C)OC)c2nc(cs2)C(=O)NC2c4nc(cs4)C(=O)NC(COC(=O)c4c5c6c(cccc6n4OCCCN4CCN(C)CC4)COC(=O)C(OC4CC(C)(O)C(N(C)C)C(C)O4)C2OC5)c2nc-3cs2)n1)C(N)=O. The quantitative estimate of drug-likeness (QED) is 0.0324. The van der Waals surface area contributed by atoms with Crippen LogP contribution in [0.5, 0.6) is 5.75 Å². The molecular formula is C69H76N16O18S5. The number of hydrogen-bond donors (Lipinski definition) is 9. The van der Waals surface area contributed by atoms with Crippen molar-refractivity contribution in [1.82, 2.24) is 75.9 Å². The number of piperazine rings is 1. The fourth-order valence-corrected chi connectivity index (χ4v) is 17.5. The Labute approximate surface area is 636 Å². The third kappa shape index (κ3) is 16.0. The second-order valence-corrected chi connectivity index (χ2v) is 31.0. The Morgan fingerprint density at radius 2 is 1.53 bits per heavy atom. The first kappa shape index (κ1) is 76.6. The van der Waals surface area contributed by atoms with Gasteiger partial charge in [0.05, 0.1) is 48.8 Å². The number of esters is 2. The molecule has 2 saturated heterocycles. The molecule has 10 unspecified atom stereocenters. The van der Waals surface area contributed by atoms with Gasteiger partial charge in [-0.15, -0.1) is 56.7 Å². The van der Waals surface area contributed by atoms with Crippen LogP contribution in [0.25, 0.3) is 49.3 Å². The molecule has 1 aromatic carbocycles. The minimum absolute atomic E-state index is 0.00140. The van der Waals surface area contributed by atoms with Crippen LogP contribution in [-0.4, -0.2) is 235 Å². The molecule has 6 amide bonds. The van der Waals surface area contributed by atoms with E-state index in [2.05, 4.69) is 65.0 Å². The summed E-state index contributed by atoms with van der Waals surface area (Å²) in [6.45, 7) is 12.1. The number of primary amides is 1. The number of carbonyl (C=O) groups excluding carboxylic acids is 8. The number of thiazole rings is 5. The van der Waals surface area contributed by atoms with Crippen LogP contribution in [0.1, 0.15) is 131 Å². The van der Waals surface area contributed by atoms with Crippen molar-refractivity contribution in [3.8, 4) is 38.4 Å². The van der Waals surface area contributed by atoms with Crippen molar-refractivity contribution < 1.29 is 86.9 Å². The van der Waals surface area contributed by atoms with E-state index in [9.17, 15) is 34.5 Å². The Hall–Kier alpha value is -9.62. The molecule has 10 atom stereocenters. The zero-order chi connectivity index (χ0) is 76.7. The topological polar surface area (TPSA) is 440 Å². The standard InChI is InChI=1S/C69H76N16O18S5/c1-30(56(70)88)71-57(89)39-27-107-65(76-39)50-44(87)20-35-49(78-50)38-25-105-63(73-38)37-24-100-67(94)52-36-23-98-53(54(103-45-21-69(5,96)55(82(6)7)33(4)102-45)68(95)99-22-34-12-10-13-43(46(34)36)85(52)101-19-11-14-84-17-15-83(8)16-18-84)51(66-77-40(28-108-66)58(90)72-37)81-60(92)42-29-106-64(75-42)48(32(3)97-9)80-61(93)47(31(2)86)79-59(91)41-26-104-62(35)74-41/h10,12-13,20,25-29,31,33,37,45,47,51,53-55,86-87,96H,1,11,14-19,21-24H2,2-9H3,(H2,70,88)(H,71,89)(H,72,90)(H,79,91)(H,80,93)(H,81,92)/b48-32-. The summed E-state index contributed by atoms with van der Waals surface area (Å²) in [5.41, 5.74) is 3.09. The highest BCUT2D eigenvalue weighted by atomic mass is 32.1. The van der Waals surface area contributed by atoms with Gasteiger partial charge in [-0.1, -0.05) is 18.7 Å². The molecule has 8 aromatic rings. The lowest BCUT2D eigenvalue weighted by Gasteiger charge is -2.48. The van der Waals surface area contributed by atoms with E-state index in [0.717, 1.165) is 82.9 Å². The number of ether oxygens (including phenoxy) is 6. The summed E-state index contributed by atoms with van der Waals surface area (Å²) >= 11 is 4.60. The number of nitrogens with two attached hydrogens (primary N) is 1. The Balaban J connectivity index is 0.994. The van der Waals surface area contributed by atoms with E-state index < -0.39 is 139 Å². The van der Waals surface area contributed by atoms with Crippen LogP contribution in [0, 0.1) is 0 Å². The van der Waals surface area contributed by atoms with Crippen molar-refractivity contribution in [3.05, 3.63) is 124 Å². The summed E-state index contributed by atoms with van der Waals surface area (Å²) in [4.78, 5) is 157. The Morgan fingerprint density at radius 1 is 0.852 bits per heavy atom. The number of nitrogens with one attached hydrogen (secondary N) is 5. The number of aromatic hydroxyl groups is 1. The first-order chi connectivity index (χ1) is 51.6. The van der Waals surface area contributed by atoms with Crippen LogP contribution < -0.4 is 37.2 Å². The fourth-order valence-electron chi connectivity index (χ4n) is 13.4. The molecule has 2 fully saturated rings. The lowest BCUT2D eigenvalue weighted by atomic mass is 9.85. The van der Waals surface area contributed by atoms with Gasteiger partial charge in [0.2, 0.25) is 5.91 Å². The minimum atomic E-state index is -1.90. The van der Waals surface area contributed by atoms with E-state index in [-0.39, 0.29) is 106 Å². The molecule has 10 N–H and O–H groups in total. The number of benzene rings is 1.